The molecule has 0 saturated carbocycles. The Balaban J connectivity index is 0.000000208. The number of halogens is 1. The molecule has 0 radical (unpaired) electrons. The fourth-order valence-corrected chi connectivity index (χ4v) is 5.55. The lowest BCUT2D eigenvalue weighted by Gasteiger charge is -2.10. The Morgan fingerprint density at radius 1 is 0.786 bits per heavy atom. The van der Waals surface area contributed by atoms with E-state index < -0.39 is 0 Å². The second-order valence-electron chi connectivity index (χ2n) is 9.61. The standard InChI is InChI=1S/C20H22N2O3.C13H14INO2/c1-5-13-8-10-16-15(11-13)17(18(22-16)20(23)25-6-2)14-9-7-12(3)21-19(14)24-4;1-3-8-5-6-10-9(7-8)11(14)12(15-10)13(16)17-4-2/h7-11,22H,5-6H2,1-4H3;5-7,15H,3-4H2,1-2H3. The molecule has 5 rings (SSSR count). The van der Waals surface area contributed by atoms with Gasteiger partial charge in [-0.2, -0.15) is 0 Å². The Labute approximate surface area is 259 Å². The fourth-order valence-electron chi connectivity index (χ4n) is 4.74. The number of aromatic amines is 2. The number of nitrogens with one attached hydrogen (secondary N) is 2. The Morgan fingerprint density at radius 2 is 1.33 bits per heavy atom. The van der Waals surface area contributed by atoms with Crippen LogP contribution in [0.15, 0.2) is 48.5 Å². The maximum atomic E-state index is 12.5. The van der Waals surface area contributed by atoms with Crippen LogP contribution >= 0.6 is 22.6 Å². The average Bonchev–Trinajstić information content (AvgIpc) is 3.54. The summed E-state index contributed by atoms with van der Waals surface area (Å²) in [4.78, 5) is 35.0. The number of carbonyl (C=O) groups excluding carboxylic acids is 2. The van der Waals surface area contributed by atoms with Crippen molar-refractivity contribution in [3.8, 4) is 17.0 Å². The van der Waals surface area contributed by atoms with Crippen LogP contribution in [-0.4, -0.2) is 47.2 Å². The van der Waals surface area contributed by atoms with Crippen LogP contribution < -0.4 is 4.74 Å². The highest BCUT2D eigenvalue weighted by Crippen LogP contribution is 2.38. The van der Waals surface area contributed by atoms with Crippen molar-refractivity contribution in [2.75, 3.05) is 20.3 Å². The van der Waals surface area contributed by atoms with Gasteiger partial charge in [0, 0.05) is 38.6 Å². The molecule has 3 aromatic heterocycles. The molecule has 8 nitrogen and oxygen atoms in total. The first-order valence-electron chi connectivity index (χ1n) is 14.1. The third-order valence-corrected chi connectivity index (χ3v) is 8.02. The largest absolute Gasteiger partial charge is 0.481 e. The van der Waals surface area contributed by atoms with Gasteiger partial charge in [-0.1, -0.05) is 26.0 Å². The van der Waals surface area contributed by atoms with Crippen molar-refractivity contribution in [2.24, 2.45) is 0 Å². The summed E-state index contributed by atoms with van der Waals surface area (Å²) >= 11 is 2.19. The van der Waals surface area contributed by atoms with E-state index in [1.807, 2.05) is 38.1 Å². The van der Waals surface area contributed by atoms with E-state index in [9.17, 15) is 9.59 Å². The number of rotatable bonds is 8. The Morgan fingerprint density at radius 3 is 1.90 bits per heavy atom. The maximum Gasteiger partial charge on any atom is 0.355 e. The smallest absolute Gasteiger partial charge is 0.355 e. The minimum Gasteiger partial charge on any atom is -0.481 e. The van der Waals surface area contributed by atoms with Gasteiger partial charge in [0.05, 0.1) is 23.9 Å². The summed E-state index contributed by atoms with van der Waals surface area (Å²) in [6.45, 7) is 10.4. The van der Waals surface area contributed by atoms with Crippen LogP contribution in [0, 0.1) is 10.5 Å². The summed E-state index contributed by atoms with van der Waals surface area (Å²) < 4.78 is 16.7. The molecule has 0 aliphatic carbocycles. The minimum absolute atomic E-state index is 0.286. The van der Waals surface area contributed by atoms with Crippen molar-refractivity contribution in [1.29, 1.82) is 0 Å². The van der Waals surface area contributed by atoms with Crippen molar-refractivity contribution in [1.82, 2.24) is 15.0 Å². The second kappa shape index (κ2) is 13.9. The van der Waals surface area contributed by atoms with Crippen LogP contribution in [0.5, 0.6) is 5.88 Å². The maximum absolute atomic E-state index is 12.5. The van der Waals surface area contributed by atoms with E-state index in [2.05, 4.69) is 75.7 Å². The first-order valence-corrected chi connectivity index (χ1v) is 15.1. The van der Waals surface area contributed by atoms with E-state index >= 15 is 0 Å². The van der Waals surface area contributed by atoms with Gasteiger partial charge in [-0.25, -0.2) is 14.6 Å². The monoisotopic (exact) mass is 681 g/mol. The molecule has 220 valence electrons. The summed E-state index contributed by atoms with van der Waals surface area (Å²) in [6.07, 6.45) is 1.91. The van der Waals surface area contributed by atoms with Gasteiger partial charge in [-0.05, 0) is 104 Å². The molecule has 0 amide bonds. The number of H-pyrrole nitrogens is 2. The Bertz CT molecular complexity index is 1740. The van der Waals surface area contributed by atoms with Crippen molar-refractivity contribution >= 4 is 56.3 Å². The van der Waals surface area contributed by atoms with Gasteiger partial charge in [0.1, 0.15) is 11.4 Å². The average molecular weight is 682 g/mol. The summed E-state index contributed by atoms with van der Waals surface area (Å²) in [5.74, 6) is -0.172. The number of aryl methyl sites for hydroxylation is 3. The number of nitrogens with zero attached hydrogens (tertiary/aromatic N) is 1. The molecule has 0 fully saturated rings. The van der Waals surface area contributed by atoms with Gasteiger partial charge in [0.15, 0.2) is 0 Å². The van der Waals surface area contributed by atoms with E-state index in [4.69, 9.17) is 14.2 Å². The number of hydrogen-bond donors (Lipinski definition) is 2. The third kappa shape index (κ3) is 6.46. The lowest BCUT2D eigenvalue weighted by atomic mass is 10.0. The predicted octanol–water partition coefficient (Wildman–Crippen LogP) is 7.80. The van der Waals surface area contributed by atoms with E-state index in [0.717, 1.165) is 55.0 Å². The zero-order valence-corrected chi connectivity index (χ0v) is 27.0. The molecule has 3 heterocycles. The zero-order chi connectivity index (χ0) is 30.4. The number of benzene rings is 2. The number of hydrogen-bond acceptors (Lipinski definition) is 6. The van der Waals surface area contributed by atoms with E-state index in [-0.39, 0.29) is 11.9 Å². The van der Waals surface area contributed by atoms with Gasteiger partial charge in [-0.15, -0.1) is 0 Å². The number of fused-ring (bicyclic) bond motifs is 2. The summed E-state index contributed by atoms with van der Waals surface area (Å²) in [7, 11) is 1.58. The fraction of sp³-hybridized carbons (Fsp3) is 0.303. The van der Waals surface area contributed by atoms with Crippen molar-refractivity contribution < 1.29 is 23.8 Å². The minimum atomic E-state index is -0.380. The highest BCUT2D eigenvalue weighted by Gasteiger charge is 2.23. The molecule has 0 unspecified atom stereocenters. The van der Waals surface area contributed by atoms with Crippen molar-refractivity contribution in [3.63, 3.8) is 0 Å². The first kappa shape index (κ1) is 31.1. The molecule has 0 aliphatic heterocycles. The molecule has 0 spiro atoms. The first-order chi connectivity index (χ1) is 20.3. The van der Waals surface area contributed by atoms with E-state index in [1.54, 1.807) is 14.0 Å². The van der Waals surface area contributed by atoms with Crippen LogP contribution in [0.1, 0.15) is 65.5 Å². The zero-order valence-electron chi connectivity index (χ0n) is 24.8. The van der Waals surface area contributed by atoms with Gasteiger partial charge in [-0.3, -0.25) is 0 Å². The quantitative estimate of drug-likeness (QED) is 0.128. The Hall–Kier alpha value is -3.86. The third-order valence-electron chi connectivity index (χ3n) is 6.90. The molecule has 2 aromatic carbocycles. The lowest BCUT2D eigenvalue weighted by Crippen LogP contribution is -2.07. The summed E-state index contributed by atoms with van der Waals surface area (Å²) in [5, 5.41) is 2.05. The summed E-state index contributed by atoms with van der Waals surface area (Å²) in [5.41, 5.74) is 7.71. The van der Waals surface area contributed by atoms with Crippen LogP contribution in [0.2, 0.25) is 0 Å². The molecule has 42 heavy (non-hydrogen) atoms. The number of methoxy groups -OCH3 is 1. The molecular weight excluding hydrogens is 645 g/mol. The second-order valence-corrected chi connectivity index (χ2v) is 10.7. The van der Waals surface area contributed by atoms with Crippen molar-refractivity contribution in [3.05, 3.63) is 80.3 Å². The lowest BCUT2D eigenvalue weighted by molar-refractivity contribution is 0.0511. The number of aromatic nitrogens is 3. The SMILES string of the molecule is CCOC(=O)c1[nH]c2ccc(CC)cc2c1-c1ccc(C)nc1OC.CCOC(=O)c1[nH]c2ccc(CC)cc2c1I. The highest BCUT2D eigenvalue weighted by atomic mass is 127. The van der Waals surface area contributed by atoms with Gasteiger partial charge < -0.3 is 24.2 Å². The molecule has 0 aliphatic rings. The molecule has 0 atom stereocenters. The number of pyridine rings is 1. The molecule has 0 saturated heterocycles. The number of esters is 2. The van der Waals surface area contributed by atoms with Gasteiger partial charge in [0.25, 0.3) is 0 Å². The van der Waals surface area contributed by atoms with Gasteiger partial charge >= 0.3 is 11.9 Å². The topological polar surface area (TPSA) is 106 Å². The highest BCUT2D eigenvalue weighted by molar-refractivity contribution is 14.1. The molecule has 5 aromatic rings. The number of carbonyl (C=O) groups is 2. The number of ether oxygens (including phenoxy) is 3. The van der Waals surface area contributed by atoms with E-state index in [0.29, 0.717) is 30.5 Å². The van der Waals surface area contributed by atoms with Crippen LogP contribution in [0.25, 0.3) is 32.9 Å². The Kier molecular flexibility index (Phi) is 10.3. The predicted molar refractivity (Wildman–Crippen MR) is 175 cm³/mol. The van der Waals surface area contributed by atoms with Crippen LogP contribution in [-0.2, 0) is 22.3 Å². The summed E-state index contributed by atoms with van der Waals surface area (Å²) in [6, 6.07) is 16.2. The van der Waals surface area contributed by atoms with E-state index in [1.165, 1.54) is 11.1 Å². The normalized spacial score (nSPS) is 10.8. The molecule has 0 bridgehead atoms. The van der Waals surface area contributed by atoms with Gasteiger partial charge in [0.2, 0.25) is 5.88 Å². The molecule has 9 heteroatoms. The molecule has 2 N–H and O–H groups in total. The van der Waals surface area contributed by atoms with Crippen molar-refractivity contribution in [2.45, 2.75) is 47.5 Å². The molecular formula is C33H36IN3O5. The van der Waals surface area contributed by atoms with Crippen LogP contribution in [0.3, 0.4) is 0 Å². The van der Waals surface area contributed by atoms with Crippen LogP contribution in [0.4, 0.5) is 0 Å².